The highest BCUT2D eigenvalue weighted by atomic mass is 35.5. The largest absolute Gasteiger partial charge is 0.480 e. The zero-order chi connectivity index (χ0) is 15.4. The maximum absolute atomic E-state index is 12.9. The van der Waals surface area contributed by atoms with Gasteiger partial charge in [-0.1, -0.05) is 11.6 Å². The topological polar surface area (TPSA) is 95.1 Å². The maximum Gasteiger partial charge on any atom is 0.326 e. The SMILES string of the molecule is O=C(NC(Cc1cnc[nH]1)C(=O)O)c1ccc(F)cc1Cl. The minimum Gasteiger partial charge on any atom is -0.480 e. The molecule has 0 saturated carbocycles. The molecule has 1 aromatic heterocycles. The molecule has 1 unspecified atom stereocenters. The number of carboxylic acids is 1. The summed E-state index contributed by atoms with van der Waals surface area (Å²) in [6.45, 7) is 0. The van der Waals surface area contributed by atoms with Gasteiger partial charge in [-0.15, -0.1) is 0 Å². The van der Waals surface area contributed by atoms with Crippen LogP contribution in [0.2, 0.25) is 5.02 Å². The van der Waals surface area contributed by atoms with Crippen molar-refractivity contribution in [2.75, 3.05) is 0 Å². The molecule has 0 bridgehead atoms. The van der Waals surface area contributed by atoms with Crippen LogP contribution in [0.4, 0.5) is 4.39 Å². The van der Waals surface area contributed by atoms with E-state index in [0.29, 0.717) is 5.69 Å². The number of imidazole rings is 1. The van der Waals surface area contributed by atoms with Gasteiger partial charge < -0.3 is 15.4 Å². The zero-order valence-corrected chi connectivity index (χ0v) is 11.4. The zero-order valence-electron chi connectivity index (χ0n) is 10.6. The predicted molar refractivity (Wildman–Crippen MR) is 72.6 cm³/mol. The van der Waals surface area contributed by atoms with Gasteiger partial charge in [-0.2, -0.15) is 0 Å². The molecule has 0 spiro atoms. The smallest absolute Gasteiger partial charge is 0.326 e. The molecule has 0 aliphatic rings. The van der Waals surface area contributed by atoms with Gasteiger partial charge in [-0.05, 0) is 18.2 Å². The molecule has 0 aliphatic carbocycles. The molecule has 0 aliphatic heterocycles. The molecule has 8 heteroatoms. The van der Waals surface area contributed by atoms with Crippen molar-refractivity contribution in [3.8, 4) is 0 Å². The minimum absolute atomic E-state index is 0.00827. The van der Waals surface area contributed by atoms with Gasteiger partial charge in [0.1, 0.15) is 11.9 Å². The average Bonchev–Trinajstić information content (AvgIpc) is 2.90. The monoisotopic (exact) mass is 311 g/mol. The Labute approximate surface area is 124 Å². The Morgan fingerprint density at radius 2 is 2.24 bits per heavy atom. The quantitative estimate of drug-likeness (QED) is 0.782. The second kappa shape index (κ2) is 6.36. The van der Waals surface area contributed by atoms with E-state index in [1.54, 1.807) is 0 Å². The lowest BCUT2D eigenvalue weighted by atomic mass is 10.1. The number of hydrogen-bond acceptors (Lipinski definition) is 3. The second-order valence-electron chi connectivity index (χ2n) is 4.27. The van der Waals surface area contributed by atoms with Crippen LogP contribution in [0.1, 0.15) is 16.1 Å². The molecule has 1 heterocycles. The van der Waals surface area contributed by atoms with Gasteiger partial charge in [0.2, 0.25) is 0 Å². The first-order chi connectivity index (χ1) is 9.97. The Morgan fingerprint density at radius 3 is 2.81 bits per heavy atom. The van der Waals surface area contributed by atoms with Crippen molar-refractivity contribution < 1.29 is 19.1 Å². The molecular formula is C13H11ClFN3O3. The molecule has 0 radical (unpaired) electrons. The highest BCUT2D eigenvalue weighted by Crippen LogP contribution is 2.17. The van der Waals surface area contributed by atoms with Crippen LogP contribution < -0.4 is 5.32 Å². The number of carbonyl (C=O) groups is 2. The number of amides is 1. The molecule has 1 aromatic carbocycles. The number of halogens is 2. The summed E-state index contributed by atoms with van der Waals surface area (Å²) in [5, 5.41) is 11.4. The van der Waals surface area contributed by atoms with Crippen LogP contribution >= 0.6 is 11.6 Å². The first-order valence-electron chi connectivity index (χ1n) is 5.93. The van der Waals surface area contributed by atoms with Crippen molar-refractivity contribution >= 4 is 23.5 Å². The highest BCUT2D eigenvalue weighted by molar-refractivity contribution is 6.33. The maximum atomic E-state index is 12.9. The minimum atomic E-state index is -1.20. The van der Waals surface area contributed by atoms with E-state index >= 15 is 0 Å². The number of hydrogen-bond donors (Lipinski definition) is 3. The van der Waals surface area contributed by atoms with Crippen LogP contribution in [0, 0.1) is 5.82 Å². The fraction of sp³-hybridized carbons (Fsp3) is 0.154. The number of aromatic amines is 1. The highest BCUT2D eigenvalue weighted by Gasteiger charge is 2.22. The summed E-state index contributed by atoms with van der Waals surface area (Å²) in [5.74, 6) is -2.47. The first kappa shape index (κ1) is 15.0. The van der Waals surface area contributed by atoms with Crippen molar-refractivity contribution in [1.29, 1.82) is 0 Å². The Morgan fingerprint density at radius 1 is 1.48 bits per heavy atom. The van der Waals surface area contributed by atoms with Crippen LogP contribution in [0.25, 0.3) is 0 Å². The molecule has 0 fully saturated rings. The molecule has 1 atom stereocenters. The summed E-state index contributed by atoms with van der Waals surface area (Å²) in [6, 6.07) is 2.10. The number of carbonyl (C=O) groups excluding carboxylic acids is 1. The van der Waals surface area contributed by atoms with Crippen LogP contribution in [0.5, 0.6) is 0 Å². The van der Waals surface area contributed by atoms with E-state index in [9.17, 15) is 14.0 Å². The Bertz CT molecular complexity index is 661. The Hall–Kier alpha value is -2.41. The summed E-state index contributed by atoms with van der Waals surface area (Å²) in [6.07, 6.45) is 2.92. The molecule has 0 saturated heterocycles. The molecular weight excluding hydrogens is 301 g/mol. The number of rotatable bonds is 5. The van der Waals surface area contributed by atoms with E-state index in [1.165, 1.54) is 18.6 Å². The number of aromatic nitrogens is 2. The van der Waals surface area contributed by atoms with E-state index < -0.39 is 23.7 Å². The van der Waals surface area contributed by atoms with Crippen molar-refractivity contribution in [2.45, 2.75) is 12.5 Å². The summed E-state index contributed by atoms with van der Waals surface area (Å²) >= 11 is 5.77. The van der Waals surface area contributed by atoms with Crippen molar-refractivity contribution in [3.05, 3.63) is 52.8 Å². The van der Waals surface area contributed by atoms with Gasteiger partial charge in [0, 0.05) is 18.3 Å². The fourth-order valence-electron chi connectivity index (χ4n) is 1.73. The van der Waals surface area contributed by atoms with E-state index in [2.05, 4.69) is 15.3 Å². The lowest BCUT2D eigenvalue weighted by molar-refractivity contribution is -0.139. The lowest BCUT2D eigenvalue weighted by Gasteiger charge is -2.14. The van der Waals surface area contributed by atoms with Crippen LogP contribution in [0.3, 0.4) is 0 Å². The van der Waals surface area contributed by atoms with Crippen LogP contribution in [0.15, 0.2) is 30.7 Å². The van der Waals surface area contributed by atoms with E-state index in [-0.39, 0.29) is 17.0 Å². The fourth-order valence-corrected chi connectivity index (χ4v) is 1.98. The second-order valence-corrected chi connectivity index (χ2v) is 4.68. The van der Waals surface area contributed by atoms with E-state index in [0.717, 1.165) is 12.1 Å². The van der Waals surface area contributed by atoms with Gasteiger partial charge >= 0.3 is 5.97 Å². The standard InChI is InChI=1S/C13H11ClFN3O3/c14-10-3-7(15)1-2-9(10)12(19)18-11(13(20)21)4-8-5-16-6-17-8/h1-3,5-6,11H,4H2,(H,16,17)(H,18,19)(H,20,21). The molecule has 21 heavy (non-hydrogen) atoms. The molecule has 3 N–H and O–H groups in total. The Balaban J connectivity index is 2.12. The van der Waals surface area contributed by atoms with E-state index in [4.69, 9.17) is 16.7 Å². The number of nitrogens with zero attached hydrogens (tertiary/aromatic N) is 1. The van der Waals surface area contributed by atoms with E-state index in [1.807, 2.05) is 0 Å². The molecule has 6 nitrogen and oxygen atoms in total. The number of H-pyrrole nitrogens is 1. The van der Waals surface area contributed by atoms with Gasteiger partial charge in [-0.3, -0.25) is 4.79 Å². The number of carboxylic acid groups (broad SMARTS) is 1. The van der Waals surface area contributed by atoms with Crippen molar-refractivity contribution in [2.24, 2.45) is 0 Å². The summed E-state index contributed by atoms with van der Waals surface area (Å²) in [4.78, 5) is 29.7. The van der Waals surface area contributed by atoms with Crippen LogP contribution in [-0.4, -0.2) is 33.0 Å². The number of aliphatic carboxylic acids is 1. The molecule has 2 rings (SSSR count). The number of nitrogens with one attached hydrogen (secondary N) is 2. The average molecular weight is 312 g/mol. The lowest BCUT2D eigenvalue weighted by Crippen LogP contribution is -2.42. The number of benzene rings is 1. The third kappa shape index (κ3) is 3.79. The van der Waals surface area contributed by atoms with Crippen LogP contribution in [-0.2, 0) is 11.2 Å². The summed E-state index contributed by atoms with van der Waals surface area (Å²) < 4.78 is 12.9. The third-order valence-corrected chi connectivity index (χ3v) is 3.07. The first-order valence-corrected chi connectivity index (χ1v) is 6.31. The normalized spacial score (nSPS) is 11.9. The summed E-state index contributed by atoms with van der Waals surface area (Å²) in [5.41, 5.74) is 0.571. The van der Waals surface area contributed by atoms with Gasteiger partial charge in [-0.25, -0.2) is 14.2 Å². The molecule has 2 aromatic rings. The van der Waals surface area contributed by atoms with Crippen molar-refractivity contribution in [1.82, 2.24) is 15.3 Å². The third-order valence-electron chi connectivity index (χ3n) is 2.76. The van der Waals surface area contributed by atoms with Gasteiger partial charge in [0.25, 0.3) is 5.91 Å². The van der Waals surface area contributed by atoms with Crippen molar-refractivity contribution in [3.63, 3.8) is 0 Å². The molecule has 110 valence electrons. The summed E-state index contributed by atoms with van der Waals surface area (Å²) in [7, 11) is 0. The predicted octanol–water partition coefficient (Wildman–Crippen LogP) is 1.63. The molecule has 1 amide bonds. The van der Waals surface area contributed by atoms with Gasteiger partial charge in [0.05, 0.1) is 16.9 Å². The van der Waals surface area contributed by atoms with Gasteiger partial charge in [0.15, 0.2) is 0 Å². The Kier molecular flexibility index (Phi) is 4.54.